The van der Waals surface area contributed by atoms with Crippen LogP contribution in [0.25, 0.3) is 0 Å². The van der Waals surface area contributed by atoms with Crippen molar-refractivity contribution in [2.45, 2.75) is 46.2 Å². The van der Waals surface area contributed by atoms with Crippen LogP contribution in [0.2, 0.25) is 0 Å². The van der Waals surface area contributed by atoms with Gasteiger partial charge >= 0.3 is 0 Å². The maximum Gasteiger partial charge on any atom is 0.225 e. The van der Waals surface area contributed by atoms with Gasteiger partial charge in [-0.25, -0.2) is 0 Å². The number of rotatable bonds is 4. The first-order valence-electron chi connectivity index (χ1n) is 8.64. The van der Waals surface area contributed by atoms with Crippen molar-refractivity contribution in [1.29, 1.82) is 0 Å². The number of nitrogens with zero attached hydrogens (tertiary/aromatic N) is 1. The number of carbonyl (C=O) groups excluding carboxylic acids is 1. The second kappa shape index (κ2) is 6.65. The van der Waals surface area contributed by atoms with Gasteiger partial charge in [0.1, 0.15) is 11.5 Å². The fourth-order valence-corrected chi connectivity index (χ4v) is 4.01. The Balaban J connectivity index is 1.74. The molecule has 0 bridgehead atoms. The molecule has 0 radical (unpaired) electrons. The Kier molecular flexibility index (Phi) is 4.78. The molecule has 0 saturated carbocycles. The summed E-state index contributed by atoms with van der Waals surface area (Å²) in [6, 6.07) is 4.22. The Morgan fingerprint density at radius 2 is 2.13 bits per heavy atom. The van der Waals surface area contributed by atoms with Crippen LogP contribution in [0.15, 0.2) is 16.5 Å². The number of carbonyl (C=O) groups is 1. The zero-order valence-electron chi connectivity index (χ0n) is 14.4. The molecule has 2 aliphatic rings. The molecule has 3 rings (SSSR count). The SMILES string of the molecule is Cc1ccc(CN2C[C@H](C(=O)NC(C)C)C3(CCOCC3)C2)o1. The summed E-state index contributed by atoms with van der Waals surface area (Å²) in [5.41, 5.74) is 0.0544. The lowest BCUT2D eigenvalue weighted by atomic mass is 9.71. The summed E-state index contributed by atoms with van der Waals surface area (Å²) < 4.78 is 11.3. The van der Waals surface area contributed by atoms with Crippen molar-refractivity contribution < 1.29 is 13.9 Å². The highest BCUT2D eigenvalue weighted by molar-refractivity contribution is 5.80. The molecule has 23 heavy (non-hydrogen) atoms. The lowest BCUT2D eigenvalue weighted by Gasteiger charge is -2.37. The summed E-state index contributed by atoms with van der Waals surface area (Å²) >= 11 is 0. The molecule has 2 saturated heterocycles. The van der Waals surface area contributed by atoms with Crippen LogP contribution >= 0.6 is 0 Å². The van der Waals surface area contributed by atoms with E-state index in [0.717, 1.165) is 57.2 Å². The average molecular weight is 320 g/mol. The van der Waals surface area contributed by atoms with Gasteiger partial charge < -0.3 is 14.5 Å². The smallest absolute Gasteiger partial charge is 0.225 e. The van der Waals surface area contributed by atoms with Crippen molar-refractivity contribution in [3.63, 3.8) is 0 Å². The van der Waals surface area contributed by atoms with Crippen LogP contribution in [-0.4, -0.2) is 43.2 Å². The number of nitrogens with one attached hydrogen (secondary N) is 1. The number of hydrogen-bond acceptors (Lipinski definition) is 4. The van der Waals surface area contributed by atoms with Crippen molar-refractivity contribution >= 4 is 5.91 Å². The van der Waals surface area contributed by atoms with Crippen LogP contribution in [0.1, 0.15) is 38.2 Å². The summed E-state index contributed by atoms with van der Waals surface area (Å²) in [7, 11) is 0. The van der Waals surface area contributed by atoms with Gasteiger partial charge in [-0.15, -0.1) is 0 Å². The van der Waals surface area contributed by atoms with Crippen molar-refractivity contribution in [3.05, 3.63) is 23.7 Å². The summed E-state index contributed by atoms with van der Waals surface area (Å²) in [6.07, 6.45) is 1.94. The number of likely N-dealkylation sites (tertiary alicyclic amines) is 1. The fraction of sp³-hybridized carbons (Fsp3) is 0.722. The van der Waals surface area contributed by atoms with E-state index in [-0.39, 0.29) is 23.3 Å². The molecule has 3 heterocycles. The van der Waals surface area contributed by atoms with E-state index in [9.17, 15) is 4.79 Å². The summed E-state index contributed by atoms with van der Waals surface area (Å²) in [6.45, 7) is 10.1. The Hall–Kier alpha value is -1.33. The minimum Gasteiger partial charge on any atom is -0.465 e. The van der Waals surface area contributed by atoms with Gasteiger partial charge in [-0.1, -0.05) is 0 Å². The molecule has 1 spiro atoms. The van der Waals surface area contributed by atoms with Crippen LogP contribution in [0, 0.1) is 18.3 Å². The quantitative estimate of drug-likeness (QED) is 0.925. The number of aryl methyl sites for hydroxylation is 1. The Morgan fingerprint density at radius 1 is 1.39 bits per heavy atom. The molecule has 1 amide bonds. The van der Waals surface area contributed by atoms with Crippen LogP contribution in [-0.2, 0) is 16.1 Å². The zero-order chi connectivity index (χ0) is 16.4. The normalized spacial score (nSPS) is 24.4. The van der Waals surface area contributed by atoms with E-state index in [4.69, 9.17) is 9.15 Å². The third kappa shape index (κ3) is 3.61. The van der Waals surface area contributed by atoms with Crippen molar-refractivity contribution in [2.75, 3.05) is 26.3 Å². The van der Waals surface area contributed by atoms with Crippen LogP contribution < -0.4 is 5.32 Å². The van der Waals surface area contributed by atoms with Crippen molar-refractivity contribution in [3.8, 4) is 0 Å². The van der Waals surface area contributed by atoms with Gasteiger partial charge in [0.25, 0.3) is 0 Å². The van der Waals surface area contributed by atoms with E-state index in [1.165, 1.54) is 0 Å². The van der Waals surface area contributed by atoms with Gasteiger partial charge in [0.05, 0.1) is 12.5 Å². The maximum absolute atomic E-state index is 12.7. The molecule has 0 aliphatic carbocycles. The molecule has 1 N–H and O–H groups in total. The molecule has 5 heteroatoms. The molecule has 0 unspecified atom stereocenters. The predicted octanol–water partition coefficient (Wildman–Crippen LogP) is 2.34. The lowest BCUT2D eigenvalue weighted by Crippen LogP contribution is -2.46. The largest absolute Gasteiger partial charge is 0.465 e. The Labute approximate surface area is 138 Å². The molecular weight excluding hydrogens is 292 g/mol. The topological polar surface area (TPSA) is 54.7 Å². The summed E-state index contributed by atoms with van der Waals surface area (Å²) in [5, 5.41) is 3.11. The van der Waals surface area contributed by atoms with Gasteiger partial charge in [-0.05, 0) is 45.7 Å². The third-order valence-electron chi connectivity index (χ3n) is 5.13. The predicted molar refractivity (Wildman–Crippen MR) is 88.0 cm³/mol. The molecule has 1 aromatic rings. The number of furan rings is 1. The molecule has 2 fully saturated rings. The fourth-order valence-electron chi connectivity index (χ4n) is 4.01. The lowest BCUT2D eigenvalue weighted by molar-refractivity contribution is -0.130. The monoisotopic (exact) mass is 320 g/mol. The molecule has 5 nitrogen and oxygen atoms in total. The Bertz CT molecular complexity index is 546. The first-order chi connectivity index (χ1) is 11.0. The number of ether oxygens (including phenoxy) is 1. The van der Waals surface area contributed by atoms with E-state index in [1.54, 1.807) is 0 Å². The standard InChI is InChI=1S/C18H28N2O3/c1-13(2)19-17(21)16-11-20(10-15-5-4-14(3)23-15)12-18(16)6-8-22-9-7-18/h4-5,13,16H,6-12H2,1-3H3,(H,19,21)/t16-/m1/s1. The number of amides is 1. The van der Waals surface area contributed by atoms with Crippen molar-refractivity contribution in [2.24, 2.45) is 11.3 Å². The molecular formula is C18H28N2O3. The average Bonchev–Trinajstić information content (AvgIpc) is 3.04. The van der Waals surface area contributed by atoms with E-state index in [1.807, 2.05) is 32.9 Å². The van der Waals surface area contributed by atoms with E-state index < -0.39 is 0 Å². The van der Waals surface area contributed by atoms with Gasteiger partial charge in [0.2, 0.25) is 5.91 Å². The summed E-state index contributed by atoms with van der Waals surface area (Å²) in [4.78, 5) is 15.1. The highest BCUT2D eigenvalue weighted by Gasteiger charge is 2.50. The van der Waals surface area contributed by atoms with Crippen molar-refractivity contribution in [1.82, 2.24) is 10.2 Å². The van der Waals surface area contributed by atoms with Crippen LogP contribution in [0.4, 0.5) is 0 Å². The minimum atomic E-state index is 0.0462. The zero-order valence-corrected chi connectivity index (χ0v) is 14.4. The Morgan fingerprint density at radius 3 is 2.74 bits per heavy atom. The molecule has 128 valence electrons. The van der Waals surface area contributed by atoms with E-state index >= 15 is 0 Å². The highest BCUT2D eigenvalue weighted by atomic mass is 16.5. The van der Waals surface area contributed by atoms with Gasteiger partial charge in [0, 0.05) is 37.8 Å². The van der Waals surface area contributed by atoms with Gasteiger partial charge in [-0.3, -0.25) is 9.69 Å². The summed E-state index contributed by atoms with van der Waals surface area (Å²) in [5.74, 6) is 2.16. The maximum atomic E-state index is 12.7. The van der Waals surface area contributed by atoms with Gasteiger partial charge in [0.15, 0.2) is 0 Å². The molecule has 0 aromatic carbocycles. The highest BCUT2D eigenvalue weighted by Crippen LogP contribution is 2.44. The first-order valence-corrected chi connectivity index (χ1v) is 8.64. The van der Waals surface area contributed by atoms with Gasteiger partial charge in [-0.2, -0.15) is 0 Å². The van der Waals surface area contributed by atoms with Crippen LogP contribution in [0.5, 0.6) is 0 Å². The first kappa shape index (κ1) is 16.5. The van der Waals surface area contributed by atoms with E-state index in [2.05, 4.69) is 10.2 Å². The third-order valence-corrected chi connectivity index (χ3v) is 5.13. The second-order valence-corrected chi connectivity index (χ2v) is 7.37. The second-order valence-electron chi connectivity index (χ2n) is 7.37. The molecule has 2 aliphatic heterocycles. The number of hydrogen-bond donors (Lipinski definition) is 1. The van der Waals surface area contributed by atoms with E-state index in [0.29, 0.717) is 0 Å². The molecule has 1 atom stereocenters. The van der Waals surface area contributed by atoms with Crippen LogP contribution in [0.3, 0.4) is 0 Å². The minimum absolute atomic E-state index is 0.0462. The molecule has 1 aromatic heterocycles.